The third-order valence-corrected chi connectivity index (χ3v) is 14.5. The van der Waals surface area contributed by atoms with Crippen LogP contribution in [0.3, 0.4) is 0 Å². The molecule has 0 N–H and O–H groups in total. The summed E-state index contributed by atoms with van der Waals surface area (Å²) in [6, 6.07) is 69.9. The number of fused-ring (bicyclic) bond motifs is 4. The number of hydrogen-bond donors (Lipinski definition) is 0. The zero-order valence-corrected chi connectivity index (χ0v) is 42.7. The van der Waals surface area contributed by atoms with E-state index < -0.39 is 0 Å². The van der Waals surface area contributed by atoms with E-state index in [0.29, 0.717) is 5.92 Å². The van der Waals surface area contributed by atoms with Crippen molar-refractivity contribution in [2.24, 2.45) is 0 Å². The normalized spacial score (nSPS) is 12.1. The summed E-state index contributed by atoms with van der Waals surface area (Å²) in [6.07, 6.45) is 8.01. The number of ether oxygens (including phenoxy) is 1. The number of imidazole rings is 1. The molecule has 0 spiro atoms. The molecule has 0 aliphatic heterocycles. The molecule has 3 heterocycles. The van der Waals surface area contributed by atoms with Gasteiger partial charge in [-0.2, -0.15) is 0 Å². The van der Waals surface area contributed by atoms with Gasteiger partial charge >= 0.3 is 0 Å². The van der Waals surface area contributed by atoms with Crippen LogP contribution in [0, 0.1) is 6.33 Å². The Morgan fingerprint density at radius 2 is 1.17 bits per heavy atom. The Bertz CT molecular complexity index is 3740. The summed E-state index contributed by atoms with van der Waals surface area (Å²) < 4.78 is 13.6. The van der Waals surface area contributed by atoms with Crippen LogP contribution in [0.25, 0.3) is 83.4 Å². The third-order valence-electron chi connectivity index (χ3n) is 14.5. The summed E-state index contributed by atoms with van der Waals surface area (Å²) in [5, 5.41) is 2.32. The molecule has 0 amide bonds. The van der Waals surface area contributed by atoms with Crippen LogP contribution in [0.2, 0.25) is 0 Å². The number of para-hydroxylation sites is 3. The van der Waals surface area contributed by atoms with E-state index in [4.69, 9.17) is 9.72 Å². The molecule has 0 aliphatic carbocycles. The molecule has 0 saturated heterocycles. The Morgan fingerprint density at radius 3 is 1.88 bits per heavy atom. The number of benzene rings is 8. The predicted molar refractivity (Wildman–Crippen MR) is 299 cm³/mol. The van der Waals surface area contributed by atoms with Crippen molar-refractivity contribution in [3.63, 3.8) is 0 Å². The molecule has 0 atom stereocenters. The average molecular weight is 939 g/mol. The highest BCUT2D eigenvalue weighted by atomic mass is 16.5. The fraction of sp³-hybridized carbons (Fsp3) is 0.194. The smallest absolute Gasteiger partial charge is 0.269 e. The second kappa shape index (κ2) is 18.6. The molecule has 0 saturated carbocycles. The summed E-state index contributed by atoms with van der Waals surface area (Å²) in [5.74, 6) is 2.84. The topological polar surface area (TPSA) is 35.9 Å². The molecule has 0 bridgehead atoms. The molecule has 5 nitrogen and oxygen atoms in total. The standard InChI is InChI=1S/C67H62N4O/c1-9-45(10-2)49-35-36-68-64(40-49)71-60-34-31-48(46-21-13-11-14-22-46)39-59(60)58-33-32-55(43-63(58)71)72-54-26-19-25-53(42-54)69-44-70(62-30-18-17-29-61(62)69)65-56(47-23-15-12-16-24-47)27-20-28-57(65)50-37-51(66(3,4)5)41-52(38-50)67(6,7)8/h11-43,45H,9-10H2,1-8H3. The van der Waals surface area contributed by atoms with Gasteiger partial charge in [-0.15, -0.1) is 0 Å². The zero-order valence-electron chi connectivity index (χ0n) is 42.7. The Labute approximate surface area is 424 Å². The van der Waals surface area contributed by atoms with Gasteiger partial charge in [-0.3, -0.25) is 13.7 Å². The van der Waals surface area contributed by atoms with Crippen LogP contribution in [0.5, 0.6) is 11.5 Å². The molecule has 0 fully saturated rings. The van der Waals surface area contributed by atoms with Gasteiger partial charge in [0.15, 0.2) is 0 Å². The average Bonchev–Trinajstić information content (AvgIpc) is 3.94. The Hall–Kier alpha value is -8.02. The molecule has 11 rings (SSSR count). The van der Waals surface area contributed by atoms with Crippen molar-refractivity contribution in [2.45, 2.75) is 85.0 Å². The highest BCUT2D eigenvalue weighted by Crippen LogP contribution is 2.41. The van der Waals surface area contributed by atoms with Crippen molar-refractivity contribution >= 4 is 32.8 Å². The molecular weight excluding hydrogens is 877 g/mol. The molecule has 3 aromatic heterocycles. The minimum absolute atomic E-state index is 0.0395. The van der Waals surface area contributed by atoms with Gasteiger partial charge in [0.1, 0.15) is 17.3 Å². The SMILES string of the molecule is CCC(CC)c1ccnc(-n2c3ccc(-c4ccccc4)cc3c3ccc(Oc4cccc(-n5[c-][n+](-c6c(-c7ccccc7)cccc6-c6cc(C(C)(C)C)cc(C(C)(C)C)c6)c6ccccc65)c4)cc32)c1. The van der Waals surface area contributed by atoms with Crippen LogP contribution >= 0.6 is 0 Å². The number of aromatic nitrogens is 4. The first-order valence-electron chi connectivity index (χ1n) is 25.5. The van der Waals surface area contributed by atoms with Gasteiger partial charge in [0.2, 0.25) is 0 Å². The van der Waals surface area contributed by atoms with Gasteiger partial charge in [0.05, 0.1) is 33.4 Å². The van der Waals surface area contributed by atoms with Crippen molar-refractivity contribution in [3.8, 4) is 62.1 Å². The summed E-state index contributed by atoms with van der Waals surface area (Å²) in [6.45, 7) is 18.4. The van der Waals surface area contributed by atoms with E-state index >= 15 is 0 Å². The molecule has 0 unspecified atom stereocenters. The number of hydrogen-bond acceptors (Lipinski definition) is 2. The molecule has 5 heteroatoms. The molecule has 0 aliphatic rings. The van der Waals surface area contributed by atoms with Crippen molar-refractivity contribution in [1.29, 1.82) is 0 Å². The highest BCUT2D eigenvalue weighted by Gasteiger charge is 2.25. The van der Waals surface area contributed by atoms with Crippen LogP contribution in [-0.4, -0.2) is 14.1 Å². The lowest BCUT2D eigenvalue weighted by Gasteiger charge is -2.27. The van der Waals surface area contributed by atoms with Crippen molar-refractivity contribution in [2.75, 3.05) is 0 Å². The fourth-order valence-corrected chi connectivity index (χ4v) is 10.4. The molecule has 8 aromatic carbocycles. The third kappa shape index (κ3) is 8.68. The van der Waals surface area contributed by atoms with Gasteiger partial charge in [-0.1, -0.05) is 189 Å². The predicted octanol–water partition coefficient (Wildman–Crippen LogP) is 17.5. The molecule has 0 radical (unpaired) electrons. The van der Waals surface area contributed by atoms with Gasteiger partial charge in [0, 0.05) is 23.0 Å². The van der Waals surface area contributed by atoms with E-state index in [9.17, 15) is 0 Å². The van der Waals surface area contributed by atoms with E-state index in [1.165, 1.54) is 38.8 Å². The van der Waals surface area contributed by atoms with Crippen LogP contribution in [-0.2, 0) is 10.8 Å². The molecule has 356 valence electrons. The summed E-state index contributed by atoms with van der Waals surface area (Å²) in [7, 11) is 0. The van der Waals surface area contributed by atoms with Crippen LogP contribution in [0.15, 0.2) is 200 Å². The maximum Gasteiger partial charge on any atom is 0.269 e. The first-order chi connectivity index (χ1) is 34.9. The lowest BCUT2D eigenvalue weighted by Crippen LogP contribution is -2.31. The van der Waals surface area contributed by atoms with Crippen molar-refractivity contribution < 1.29 is 9.30 Å². The van der Waals surface area contributed by atoms with Gasteiger partial charge in [0.25, 0.3) is 6.33 Å². The maximum absolute atomic E-state index is 6.89. The highest BCUT2D eigenvalue weighted by molar-refractivity contribution is 6.10. The number of pyridine rings is 1. The Morgan fingerprint density at radius 1 is 0.514 bits per heavy atom. The Balaban J connectivity index is 1.04. The first kappa shape index (κ1) is 46.4. The van der Waals surface area contributed by atoms with Crippen LogP contribution in [0.4, 0.5) is 0 Å². The van der Waals surface area contributed by atoms with E-state index in [2.05, 4.69) is 263 Å². The van der Waals surface area contributed by atoms with Crippen molar-refractivity contribution in [1.82, 2.24) is 14.1 Å². The zero-order chi connectivity index (χ0) is 49.7. The summed E-state index contributed by atoms with van der Waals surface area (Å²) >= 11 is 0. The minimum Gasteiger partial charge on any atom is -0.458 e. The van der Waals surface area contributed by atoms with E-state index in [1.807, 2.05) is 12.3 Å². The van der Waals surface area contributed by atoms with Crippen LogP contribution in [0.1, 0.15) is 90.8 Å². The first-order valence-corrected chi connectivity index (χ1v) is 25.5. The van der Waals surface area contributed by atoms with E-state index in [-0.39, 0.29) is 10.8 Å². The fourth-order valence-electron chi connectivity index (χ4n) is 10.4. The maximum atomic E-state index is 6.89. The second-order valence-electron chi connectivity index (χ2n) is 21.3. The monoisotopic (exact) mass is 938 g/mol. The van der Waals surface area contributed by atoms with Gasteiger partial charge in [-0.05, 0) is 134 Å². The lowest BCUT2D eigenvalue weighted by atomic mass is 9.78. The molecule has 11 aromatic rings. The Kier molecular flexibility index (Phi) is 12.0. The lowest BCUT2D eigenvalue weighted by molar-refractivity contribution is -0.571. The summed E-state index contributed by atoms with van der Waals surface area (Å²) in [5.41, 5.74) is 17.1. The van der Waals surface area contributed by atoms with Crippen LogP contribution < -0.4 is 9.30 Å². The summed E-state index contributed by atoms with van der Waals surface area (Å²) in [4.78, 5) is 5.01. The number of nitrogens with zero attached hydrogens (tertiary/aromatic N) is 4. The quantitative estimate of drug-likeness (QED) is 0.0957. The molecule has 72 heavy (non-hydrogen) atoms. The van der Waals surface area contributed by atoms with E-state index in [0.717, 1.165) is 85.7 Å². The van der Waals surface area contributed by atoms with Gasteiger partial charge in [-0.25, -0.2) is 4.98 Å². The number of rotatable bonds is 11. The van der Waals surface area contributed by atoms with E-state index in [1.54, 1.807) is 0 Å². The molecular formula is C67H62N4O. The van der Waals surface area contributed by atoms with Gasteiger partial charge < -0.3 is 4.74 Å². The minimum atomic E-state index is -0.0395. The second-order valence-corrected chi connectivity index (χ2v) is 21.3. The van der Waals surface area contributed by atoms with Crippen molar-refractivity contribution in [3.05, 3.63) is 223 Å². The largest absolute Gasteiger partial charge is 0.458 e.